The van der Waals surface area contributed by atoms with Crippen LogP contribution in [0.15, 0.2) is 12.1 Å². The first-order valence-corrected chi connectivity index (χ1v) is 5.83. The van der Waals surface area contributed by atoms with Gasteiger partial charge < -0.3 is 16.0 Å². The second kappa shape index (κ2) is 5.93. The summed E-state index contributed by atoms with van der Waals surface area (Å²) in [6, 6.07) is 2.89. The second-order valence-corrected chi connectivity index (χ2v) is 4.48. The van der Waals surface area contributed by atoms with E-state index in [0.29, 0.717) is 5.69 Å². The first-order valence-electron chi connectivity index (χ1n) is 5.07. The fraction of sp³-hybridized carbons (Fsp3) is 0.273. The molecule has 5 nitrogen and oxygen atoms in total. The number of rotatable bonds is 3. The lowest BCUT2D eigenvalue weighted by Gasteiger charge is -2.17. The van der Waals surface area contributed by atoms with Gasteiger partial charge in [0.25, 0.3) is 5.91 Å². The summed E-state index contributed by atoms with van der Waals surface area (Å²) in [6.45, 7) is -0.0713. The number of hydrogen-bond donors (Lipinski definition) is 2. The molecule has 0 heterocycles. The van der Waals surface area contributed by atoms with Gasteiger partial charge in [-0.3, -0.25) is 9.59 Å². The molecule has 1 aromatic carbocycles. The molecule has 3 N–H and O–H groups in total. The molecule has 2 amide bonds. The highest BCUT2D eigenvalue weighted by molar-refractivity contribution is 6.44. The Kier molecular flexibility index (Phi) is 4.81. The third-order valence-corrected chi connectivity index (χ3v) is 3.09. The van der Waals surface area contributed by atoms with Gasteiger partial charge in [-0.1, -0.05) is 23.2 Å². The number of anilines is 1. The van der Waals surface area contributed by atoms with Gasteiger partial charge >= 0.3 is 0 Å². The number of benzene rings is 1. The van der Waals surface area contributed by atoms with Gasteiger partial charge in [0.2, 0.25) is 5.91 Å². The molecule has 1 aromatic rings. The smallest absolute Gasteiger partial charge is 0.255 e. The SMILES string of the molecule is CNC(=O)CN(C)C(=O)c1cc(N)cc(Cl)c1Cl. The van der Waals surface area contributed by atoms with E-state index in [4.69, 9.17) is 28.9 Å². The Morgan fingerprint density at radius 2 is 2.00 bits per heavy atom. The number of hydrogen-bond acceptors (Lipinski definition) is 3. The van der Waals surface area contributed by atoms with Crippen molar-refractivity contribution in [3.63, 3.8) is 0 Å². The van der Waals surface area contributed by atoms with Crippen molar-refractivity contribution in [3.8, 4) is 0 Å². The van der Waals surface area contributed by atoms with E-state index in [-0.39, 0.29) is 28.1 Å². The summed E-state index contributed by atoms with van der Waals surface area (Å²) in [4.78, 5) is 24.5. The Hall–Kier alpha value is -1.46. The number of nitrogens with zero attached hydrogens (tertiary/aromatic N) is 1. The average molecular weight is 290 g/mol. The van der Waals surface area contributed by atoms with Gasteiger partial charge in [0.05, 0.1) is 22.2 Å². The summed E-state index contributed by atoms with van der Waals surface area (Å²) in [5.74, 6) is -0.699. The molecule has 0 saturated heterocycles. The maximum atomic E-state index is 12.1. The molecule has 7 heteroatoms. The Morgan fingerprint density at radius 1 is 1.39 bits per heavy atom. The maximum Gasteiger partial charge on any atom is 0.255 e. The molecule has 0 aliphatic heterocycles. The van der Waals surface area contributed by atoms with Crippen LogP contribution in [-0.2, 0) is 4.79 Å². The van der Waals surface area contributed by atoms with Crippen molar-refractivity contribution in [1.82, 2.24) is 10.2 Å². The first kappa shape index (κ1) is 14.6. The largest absolute Gasteiger partial charge is 0.399 e. The number of halogens is 2. The first-order chi connectivity index (χ1) is 8.36. The van der Waals surface area contributed by atoms with Crippen molar-refractivity contribution in [3.05, 3.63) is 27.7 Å². The number of nitrogens with one attached hydrogen (secondary N) is 1. The minimum absolute atomic E-state index is 0.0713. The van der Waals surface area contributed by atoms with E-state index in [1.54, 1.807) is 0 Å². The topological polar surface area (TPSA) is 75.4 Å². The normalized spacial score (nSPS) is 10.0. The minimum atomic E-state index is -0.419. The lowest BCUT2D eigenvalue weighted by molar-refractivity contribution is -0.121. The van der Waals surface area contributed by atoms with Gasteiger partial charge in [-0.25, -0.2) is 0 Å². The van der Waals surface area contributed by atoms with Gasteiger partial charge in [0, 0.05) is 19.8 Å². The summed E-state index contributed by atoms with van der Waals surface area (Å²) in [6.07, 6.45) is 0. The summed E-state index contributed by atoms with van der Waals surface area (Å²) < 4.78 is 0. The van der Waals surface area contributed by atoms with Crippen molar-refractivity contribution < 1.29 is 9.59 Å². The standard InChI is InChI=1S/C11H13Cl2N3O2/c1-15-9(17)5-16(2)11(18)7-3-6(14)4-8(12)10(7)13/h3-4H,5,14H2,1-2H3,(H,15,17). The Morgan fingerprint density at radius 3 is 2.56 bits per heavy atom. The summed E-state index contributed by atoms with van der Waals surface area (Å²) in [7, 11) is 2.98. The molecule has 0 fully saturated rings. The Balaban J connectivity index is 3.00. The molecule has 0 unspecified atom stereocenters. The highest BCUT2D eigenvalue weighted by Crippen LogP contribution is 2.29. The number of carbonyl (C=O) groups is 2. The number of nitrogens with two attached hydrogens (primary N) is 1. The predicted octanol–water partition coefficient (Wildman–Crippen LogP) is 1.39. The molecule has 0 aromatic heterocycles. The number of carbonyl (C=O) groups excluding carboxylic acids is 2. The van der Waals surface area contributed by atoms with Crippen LogP contribution in [0, 0.1) is 0 Å². The van der Waals surface area contributed by atoms with Gasteiger partial charge in [-0.05, 0) is 12.1 Å². The molecule has 1 rings (SSSR count). The van der Waals surface area contributed by atoms with E-state index in [0.717, 1.165) is 0 Å². The van der Waals surface area contributed by atoms with Gasteiger partial charge in [-0.15, -0.1) is 0 Å². The van der Waals surface area contributed by atoms with Crippen molar-refractivity contribution >= 4 is 40.7 Å². The average Bonchev–Trinajstić information content (AvgIpc) is 2.32. The zero-order valence-electron chi connectivity index (χ0n) is 9.96. The van der Waals surface area contributed by atoms with E-state index < -0.39 is 5.91 Å². The van der Waals surface area contributed by atoms with Crippen molar-refractivity contribution in [1.29, 1.82) is 0 Å². The van der Waals surface area contributed by atoms with Crippen LogP contribution in [0.25, 0.3) is 0 Å². The van der Waals surface area contributed by atoms with Gasteiger partial charge in [-0.2, -0.15) is 0 Å². The van der Waals surface area contributed by atoms with Crippen LogP contribution >= 0.6 is 23.2 Å². The number of amides is 2. The predicted molar refractivity (Wildman–Crippen MR) is 71.9 cm³/mol. The lowest BCUT2D eigenvalue weighted by Crippen LogP contribution is -2.37. The second-order valence-electron chi connectivity index (χ2n) is 3.70. The molecule has 98 valence electrons. The van der Waals surface area contributed by atoms with Crippen LogP contribution in [0.1, 0.15) is 10.4 Å². The molecule has 0 atom stereocenters. The van der Waals surface area contributed by atoms with Crippen LogP contribution < -0.4 is 11.1 Å². The van der Waals surface area contributed by atoms with Gasteiger partial charge in [0.1, 0.15) is 0 Å². The summed E-state index contributed by atoms with van der Waals surface area (Å²) in [5.41, 5.74) is 6.11. The monoisotopic (exact) mass is 289 g/mol. The molecule has 0 radical (unpaired) electrons. The third kappa shape index (κ3) is 3.27. The molecule has 0 bridgehead atoms. The number of likely N-dealkylation sites (N-methyl/N-ethyl adjacent to an activating group) is 2. The Labute approximate surface area is 115 Å². The van der Waals surface area contributed by atoms with Crippen molar-refractivity contribution in [2.24, 2.45) is 0 Å². The van der Waals surface area contributed by atoms with Gasteiger partial charge in [0.15, 0.2) is 0 Å². The van der Waals surface area contributed by atoms with E-state index in [1.807, 2.05) is 0 Å². The van der Waals surface area contributed by atoms with Crippen molar-refractivity contribution in [2.45, 2.75) is 0 Å². The molecular formula is C11H13Cl2N3O2. The maximum absolute atomic E-state index is 12.1. The summed E-state index contributed by atoms with van der Waals surface area (Å²) >= 11 is 11.8. The van der Waals surface area contributed by atoms with Crippen LogP contribution in [0.3, 0.4) is 0 Å². The zero-order chi connectivity index (χ0) is 13.9. The zero-order valence-corrected chi connectivity index (χ0v) is 11.5. The third-order valence-electron chi connectivity index (χ3n) is 2.29. The quantitative estimate of drug-likeness (QED) is 0.826. The molecule has 0 aliphatic carbocycles. The fourth-order valence-electron chi connectivity index (χ4n) is 1.34. The lowest BCUT2D eigenvalue weighted by atomic mass is 10.1. The Bertz CT molecular complexity index is 491. The number of nitrogen functional groups attached to an aromatic ring is 1. The van der Waals surface area contributed by atoms with E-state index in [9.17, 15) is 9.59 Å². The summed E-state index contributed by atoms with van der Waals surface area (Å²) in [5, 5.41) is 2.75. The highest BCUT2D eigenvalue weighted by atomic mass is 35.5. The van der Waals surface area contributed by atoms with E-state index >= 15 is 0 Å². The van der Waals surface area contributed by atoms with E-state index in [2.05, 4.69) is 5.32 Å². The van der Waals surface area contributed by atoms with E-state index in [1.165, 1.54) is 31.1 Å². The molecule has 0 spiro atoms. The highest BCUT2D eigenvalue weighted by Gasteiger charge is 2.19. The van der Waals surface area contributed by atoms with Crippen LogP contribution in [0.4, 0.5) is 5.69 Å². The fourth-order valence-corrected chi connectivity index (χ4v) is 1.76. The van der Waals surface area contributed by atoms with Crippen LogP contribution in [0.2, 0.25) is 10.0 Å². The molecular weight excluding hydrogens is 277 g/mol. The molecule has 0 saturated carbocycles. The molecule has 18 heavy (non-hydrogen) atoms. The van der Waals surface area contributed by atoms with Crippen LogP contribution in [0.5, 0.6) is 0 Å². The molecule has 0 aliphatic rings. The minimum Gasteiger partial charge on any atom is -0.399 e. The van der Waals surface area contributed by atoms with Crippen LogP contribution in [-0.4, -0.2) is 37.4 Å². The van der Waals surface area contributed by atoms with Crippen molar-refractivity contribution in [2.75, 3.05) is 26.4 Å².